The van der Waals surface area contributed by atoms with Crippen LogP contribution in [0.4, 0.5) is 0 Å². The fraction of sp³-hybridized carbons (Fsp3) is 0.562. The van der Waals surface area contributed by atoms with E-state index in [9.17, 15) is 9.90 Å². The first-order valence-electron chi connectivity index (χ1n) is 6.91. The predicted octanol–water partition coefficient (Wildman–Crippen LogP) is 2.48. The van der Waals surface area contributed by atoms with Crippen molar-refractivity contribution < 1.29 is 9.90 Å². The Morgan fingerprint density at radius 2 is 1.95 bits per heavy atom. The number of aliphatic hydroxyl groups is 1. The lowest BCUT2D eigenvalue weighted by atomic mass is 9.88. The molecule has 104 valence electrons. The zero-order valence-corrected chi connectivity index (χ0v) is 12.0. The smallest absolute Gasteiger partial charge is 0.253 e. The Balaban J connectivity index is 2.04. The number of likely N-dealkylation sites (tertiary alicyclic amines) is 1. The van der Waals surface area contributed by atoms with E-state index in [1.165, 1.54) is 5.56 Å². The van der Waals surface area contributed by atoms with Gasteiger partial charge in [-0.3, -0.25) is 4.79 Å². The van der Waals surface area contributed by atoms with Gasteiger partial charge in [0.25, 0.3) is 5.91 Å². The van der Waals surface area contributed by atoms with Gasteiger partial charge < -0.3 is 10.0 Å². The first kappa shape index (κ1) is 14.1. The lowest BCUT2D eigenvalue weighted by Crippen LogP contribution is -2.29. The van der Waals surface area contributed by atoms with Crippen LogP contribution in [0.1, 0.15) is 43.1 Å². The van der Waals surface area contributed by atoms with Gasteiger partial charge in [0.05, 0.1) is 6.10 Å². The highest BCUT2D eigenvalue weighted by Gasteiger charge is 2.25. The molecule has 1 saturated heterocycles. The van der Waals surface area contributed by atoms with Crippen LogP contribution < -0.4 is 0 Å². The van der Waals surface area contributed by atoms with Crippen molar-refractivity contribution in [2.45, 2.75) is 39.7 Å². The van der Waals surface area contributed by atoms with Crippen molar-refractivity contribution in [2.24, 2.45) is 5.41 Å². The molecule has 1 aromatic rings. The average Bonchev–Trinajstić information content (AvgIpc) is 2.74. The molecule has 2 rings (SSSR count). The topological polar surface area (TPSA) is 40.5 Å². The van der Waals surface area contributed by atoms with Crippen LogP contribution in [0.2, 0.25) is 0 Å². The van der Waals surface area contributed by atoms with Gasteiger partial charge in [-0.2, -0.15) is 0 Å². The molecule has 1 heterocycles. The molecule has 3 nitrogen and oxygen atoms in total. The number of benzene rings is 1. The van der Waals surface area contributed by atoms with Crippen LogP contribution in [0.5, 0.6) is 0 Å². The van der Waals surface area contributed by atoms with E-state index < -0.39 is 0 Å². The SMILES string of the molecule is CC(C)(C)Cc1ccc(C(=O)N2CCC(O)C2)cc1. The number of β-amino-alcohol motifs (C(OH)–C–C–N with tert-alkyl or cyclic N) is 1. The number of nitrogens with zero attached hydrogens (tertiary/aromatic N) is 1. The summed E-state index contributed by atoms with van der Waals surface area (Å²) in [6.45, 7) is 7.74. The maximum atomic E-state index is 12.2. The third kappa shape index (κ3) is 3.80. The van der Waals surface area contributed by atoms with Gasteiger partial charge >= 0.3 is 0 Å². The Morgan fingerprint density at radius 1 is 1.32 bits per heavy atom. The van der Waals surface area contributed by atoms with Gasteiger partial charge in [-0.15, -0.1) is 0 Å². The standard InChI is InChI=1S/C16H23NO2/c1-16(2,3)10-12-4-6-13(7-5-12)15(19)17-9-8-14(18)11-17/h4-7,14,18H,8-11H2,1-3H3. The fourth-order valence-electron chi connectivity index (χ4n) is 2.49. The maximum absolute atomic E-state index is 12.2. The van der Waals surface area contributed by atoms with Crippen LogP contribution in [-0.2, 0) is 6.42 Å². The lowest BCUT2D eigenvalue weighted by molar-refractivity contribution is 0.0765. The molecule has 0 aliphatic carbocycles. The van der Waals surface area contributed by atoms with Crippen LogP contribution in [0, 0.1) is 5.41 Å². The van der Waals surface area contributed by atoms with Crippen LogP contribution in [0.15, 0.2) is 24.3 Å². The third-order valence-corrected chi connectivity index (χ3v) is 3.39. The van der Waals surface area contributed by atoms with Gasteiger partial charge in [-0.05, 0) is 36.0 Å². The van der Waals surface area contributed by atoms with Crippen LogP contribution in [0.25, 0.3) is 0 Å². The highest BCUT2D eigenvalue weighted by atomic mass is 16.3. The minimum absolute atomic E-state index is 0.0267. The molecule has 1 aromatic carbocycles. The van der Waals surface area contributed by atoms with Crippen molar-refractivity contribution in [1.29, 1.82) is 0 Å². The normalized spacial score (nSPS) is 19.8. The predicted molar refractivity (Wildman–Crippen MR) is 76.1 cm³/mol. The molecule has 1 fully saturated rings. The van der Waals surface area contributed by atoms with E-state index in [-0.39, 0.29) is 17.4 Å². The van der Waals surface area contributed by atoms with Crippen molar-refractivity contribution in [2.75, 3.05) is 13.1 Å². The van der Waals surface area contributed by atoms with Crippen LogP contribution >= 0.6 is 0 Å². The van der Waals surface area contributed by atoms with Gasteiger partial charge in [0.15, 0.2) is 0 Å². The minimum Gasteiger partial charge on any atom is -0.391 e. The Labute approximate surface area is 115 Å². The number of hydrogen-bond acceptors (Lipinski definition) is 2. The monoisotopic (exact) mass is 261 g/mol. The molecule has 0 bridgehead atoms. The number of rotatable bonds is 2. The van der Waals surface area contributed by atoms with E-state index in [0.717, 1.165) is 6.42 Å². The maximum Gasteiger partial charge on any atom is 0.253 e. The number of aliphatic hydroxyl groups excluding tert-OH is 1. The van der Waals surface area contributed by atoms with E-state index in [0.29, 0.717) is 25.1 Å². The number of amides is 1. The molecule has 0 aromatic heterocycles. The molecular weight excluding hydrogens is 238 g/mol. The molecule has 1 unspecified atom stereocenters. The Hall–Kier alpha value is -1.35. The molecule has 1 aliphatic rings. The first-order valence-corrected chi connectivity index (χ1v) is 6.91. The molecule has 1 N–H and O–H groups in total. The van der Waals surface area contributed by atoms with E-state index >= 15 is 0 Å². The molecule has 1 aliphatic heterocycles. The summed E-state index contributed by atoms with van der Waals surface area (Å²) in [5.41, 5.74) is 2.22. The van der Waals surface area contributed by atoms with Crippen LogP contribution in [0.3, 0.4) is 0 Å². The second-order valence-electron chi connectivity index (χ2n) is 6.63. The summed E-state index contributed by atoms with van der Waals surface area (Å²) in [6.07, 6.45) is 1.33. The molecule has 1 amide bonds. The molecule has 0 spiro atoms. The van der Waals surface area contributed by atoms with Crippen molar-refractivity contribution in [3.05, 3.63) is 35.4 Å². The zero-order chi connectivity index (χ0) is 14.0. The zero-order valence-electron chi connectivity index (χ0n) is 12.0. The second kappa shape index (κ2) is 5.33. The molecule has 3 heteroatoms. The van der Waals surface area contributed by atoms with E-state index in [1.807, 2.05) is 24.3 Å². The molecule has 0 radical (unpaired) electrons. The number of carbonyl (C=O) groups is 1. The summed E-state index contributed by atoms with van der Waals surface area (Å²) in [4.78, 5) is 13.9. The van der Waals surface area contributed by atoms with Gasteiger partial charge in [-0.1, -0.05) is 32.9 Å². The number of carbonyl (C=O) groups excluding carboxylic acids is 1. The van der Waals surface area contributed by atoms with Crippen molar-refractivity contribution in [1.82, 2.24) is 4.90 Å². The summed E-state index contributed by atoms with van der Waals surface area (Å²) in [5.74, 6) is 0.0267. The number of hydrogen-bond donors (Lipinski definition) is 1. The van der Waals surface area contributed by atoms with Gasteiger partial charge in [0.2, 0.25) is 0 Å². The fourth-order valence-corrected chi connectivity index (χ4v) is 2.49. The highest BCUT2D eigenvalue weighted by Crippen LogP contribution is 2.21. The molecule has 19 heavy (non-hydrogen) atoms. The summed E-state index contributed by atoms with van der Waals surface area (Å²) in [7, 11) is 0. The highest BCUT2D eigenvalue weighted by molar-refractivity contribution is 5.94. The molecule has 0 saturated carbocycles. The summed E-state index contributed by atoms with van der Waals surface area (Å²) in [5, 5.41) is 9.47. The Morgan fingerprint density at radius 3 is 2.42 bits per heavy atom. The van der Waals surface area contributed by atoms with Gasteiger partial charge in [0.1, 0.15) is 0 Å². The average molecular weight is 261 g/mol. The van der Waals surface area contributed by atoms with Crippen molar-refractivity contribution in [3.8, 4) is 0 Å². The van der Waals surface area contributed by atoms with Gasteiger partial charge in [0, 0.05) is 18.7 Å². The lowest BCUT2D eigenvalue weighted by Gasteiger charge is -2.19. The summed E-state index contributed by atoms with van der Waals surface area (Å²) in [6, 6.07) is 7.86. The Kier molecular flexibility index (Phi) is 3.95. The van der Waals surface area contributed by atoms with E-state index in [2.05, 4.69) is 20.8 Å². The summed E-state index contributed by atoms with van der Waals surface area (Å²) < 4.78 is 0. The van der Waals surface area contributed by atoms with Gasteiger partial charge in [-0.25, -0.2) is 0 Å². The quantitative estimate of drug-likeness (QED) is 0.888. The second-order valence-corrected chi connectivity index (χ2v) is 6.63. The van der Waals surface area contributed by atoms with Crippen molar-refractivity contribution in [3.63, 3.8) is 0 Å². The molecule has 1 atom stereocenters. The summed E-state index contributed by atoms with van der Waals surface area (Å²) >= 11 is 0. The molecular formula is C16H23NO2. The van der Waals surface area contributed by atoms with E-state index in [1.54, 1.807) is 4.90 Å². The van der Waals surface area contributed by atoms with E-state index in [4.69, 9.17) is 0 Å². The Bertz CT molecular complexity index is 445. The third-order valence-electron chi connectivity index (χ3n) is 3.39. The first-order chi connectivity index (χ1) is 8.85. The largest absolute Gasteiger partial charge is 0.391 e. The minimum atomic E-state index is -0.357. The van der Waals surface area contributed by atoms with Crippen molar-refractivity contribution >= 4 is 5.91 Å². The van der Waals surface area contributed by atoms with Crippen LogP contribution in [-0.4, -0.2) is 35.1 Å².